The molecule has 6 heteroatoms. The summed E-state index contributed by atoms with van der Waals surface area (Å²) in [7, 11) is 0. The zero-order valence-electron chi connectivity index (χ0n) is 15.4. The molecule has 3 aromatic rings. The molecule has 0 aromatic heterocycles. The van der Waals surface area contributed by atoms with Crippen molar-refractivity contribution in [2.45, 2.75) is 18.5 Å². The second-order valence-corrected chi connectivity index (χ2v) is 6.97. The van der Waals surface area contributed by atoms with E-state index in [1.807, 2.05) is 36.4 Å². The van der Waals surface area contributed by atoms with Crippen molar-refractivity contribution in [1.29, 1.82) is 0 Å². The first-order chi connectivity index (χ1) is 14.0. The van der Waals surface area contributed by atoms with Crippen molar-refractivity contribution in [3.8, 4) is 0 Å². The van der Waals surface area contributed by atoms with Crippen molar-refractivity contribution in [3.63, 3.8) is 0 Å². The van der Waals surface area contributed by atoms with E-state index in [1.165, 1.54) is 12.1 Å². The van der Waals surface area contributed by atoms with Gasteiger partial charge in [0.2, 0.25) is 0 Å². The molecule has 0 unspecified atom stereocenters. The highest BCUT2D eigenvalue weighted by molar-refractivity contribution is 6.07. The minimum absolute atomic E-state index is 0.0583. The number of nitrogens with zero attached hydrogens (tertiary/aromatic N) is 1. The van der Waals surface area contributed by atoms with Crippen LogP contribution in [0.5, 0.6) is 0 Å². The first kappa shape index (κ1) is 18.8. The lowest BCUT2D eigenvalue weighted by atomic mass is 9.83. The molecule has 0 aliphatic carbocycles. The van der Waals surface area contributed by atoms with E-state index in [1.54, 1.807) is 24.3 Å². The van der Waals surface area contributed by atoms with E-state index in [9.17, 15) is 18.4 Å². The standard InChI is InChI=1S/C23H18F2N2O2/c24-19-13-7-10-17(20(19)25)15-27-21(28)23(26-22(27)29,18-11-5-2-6-12-18)14-16-8-3-1-4-9-16/h1-13H,14-15H2,(H,26,29)/t23-/m0/s1. The molecule has 1 aliphatic heterocycles. The van der Waals surface area contributed by atoms with Gasteiger partial charge in [-0.05, 0) is 17.2 Å². The van der Waals surface area contributed by atoms with Gasteiger partial charge in [-0.25, -0.2) is 13.6 Å². The van der Waals surface area contributed by atoms with Gasteiger partial charge in [-0.3, -0.25) is 9.69 Å². The Balaban J connectivity index is 1.74. The molecule has 1 saturated heterocycles. The van der Waals surface area contributed by atoms with Crippen LogP contribution in [0.3, 0.4) is 0 Å². The summed E-state index contributed by atoms with van der Waals surface area (Å²) >= 11 is 0. The van der Waals surface area contributed by atoms with Gasteiger partial charge < -0.3 is 5.32 Å². The number of nitrogens with one attached hydrogen (secondary N) is 1. The van der Waals surface area contributed by atoms with Crippen molar-refractivity contribution < 1.29 is 18.4 Å². The molecule has 0 spiro atoms. The third-order valence-corrected chi connectivity index (χ3v) is 5.11. The van der Waals surface area contributed by atoms with E-state index < -0.39 is 29.1 Å². The van der Waals surface area contributed by atoms with Gasteiger partial charge in [-0.15, -0.1) is 0 Å². The molecule has 1 fully saturated rings. The molecule has 1 aliphatic rings. The van der Waals surface area contributed by atoms with E-state index >= 15 is 0 Å². The maximum Gasteiger partial charge on any atom is 0.325 e. The Bertz CT molecular complexity index is 1060. The van der Waals surface area contributed by atoms with Gasteiger partial charge >= 0.3 is 6.03 Å². The van der Waals surface area contributed by atoms with E-state index in [0.717, 1.165) is 16.5 Å². The quantitative estimate of drug-likeness (QED) is 0.663. The van der Waals surface area contributed by atoms with E-state index in [-0.39, 0.29) is 18.5 Å². The second kappa shape index (κ2) is 7.47. The van der Waals surface area contributed by atoms with Crippen LogP contribution >= 0.6 is 0 Å². The molecule has 146 valence electrons. The van der Waals surface area contributed by atoms with Crippen LogP contribution in [0.25, 0.3) is 0 Å². The molecule has 0 radical (unpaired) electrons. The first-order valence-corrected chi connectivity index (χ1v) is 9.18. The predicted molar refractivity (Wildman–Crippen MR) is 104 cm³/mol. The summed E-state index contributed by atoms with van der Waals surface area (Å²) in [4.78, 5) is 27.2. The Morgan fingerprint density at radius 2 is 1.48 bits per heavy atom. The minimum atomic E-state index is -1.32. The van der Waals surface area contributed by atoms with Crippen molar-refractivity contribution in [2.75, 3.05) is 0 Å². The van der Waals surface area contributed by atoms with Crippen LogP contribution in [-0.2, 0) is 23.3 Å². The number of hydrogen-bond acceptors (Lipinski definition) is 2. The lowest BCUT2D eigenvalue weighted by Gasteiger charge is -2.27. The molecular weight excluding hydrogens is 374 g/mol. The monoisotopic (exact) mass is 392 g/mol. The zero-order chi connectivity index (χ0) is 20.4. The molecule has 3 amide bonds. The molecule has 3 aromatic carbocycles. The maximum atomic E-state index is 14.1. The third kappa shape index (κ3) is 3.38. The Morgan fingerprint density at radius 3 is 2.17 bits per heavy atom. The fourth-order valence-electron chi connectivity index (χ4n) is 3.65. The molecule has 0 saturated carbocycles. The molecule has 29 heavy (non-hydrogen) atoms. The normalized spacial score (nSPS) is 18.8. The summed E-state index contributed by atoms with van der Waals surface area (Å²) in [6, 6.07) is 21.3. The first-order valence-electron chi connectivity index (χ1n) is 9.18. The van der Waals surface area contributed by atoms with Crippen molar-refractivity contribution >= 4 is 11.9 Å². The molecular formula is C23H18F2N2O2. The smallest absolute Gasteiger partial charge is 0.319 e. The fraction of sp³-hybridized carbons (Fsp3) is 0.130. The van der Waals surface area contributed by atoms with Gasteiger partial charge in [0.1, 0.15) is 0 Å². The average Bonchev–Trinajstić information content (AvgIpc) is 2.97. The molecule has 0 bridgehead atoms. The lowest BCUT2D eigenvalue weighted by Crippen LogP contribution is -2.46. The van der Waals surface area contributed by atoms with E-state index in [0.29, 0.717) is 5.56 Å². The predicted octanol–water partition coefficient (Wildman–Crippen LogP) is 4.15. The Labute approximate surface area is 166 Å². The van der Waals surface area contributed by atoms with Gasteiger partial charge in [0, 0.05) is 12.0 Å². The Hall–Kier alpha value is -3.54. The van der Waals surface area contributed by atoms with Crippen LogP contribution in [0.1, 0.15) is 16.7 Å². The van der Waals surface area contributed by atoms with Crippen LogP contribution in [0.2, 0.25) is 0 Å². The summed E-state index contributed by atoms with van der Waals surface area (Å²) in [5, 5.41) is 2.81. The summed E-state index contributed by atoms with van der Waals surface area (Å²) in [5.41, 5.74) is 0.119. The van der Waals surface area contributed by atoms with Crippen LogP contribution in [0, 0.1) is 11.6 Å². The summed E-state index contributed by atoms with van der Waals surface area (Å²) in [6.45, 7) is -0.350. The number of amides is 3. The second-order valence-electron chi connectivity index (χ2n) is 6.97. The molecule has 1 atom stereocenters. The number of rotatable bonds is 5. The highest BCUT2D eigenvalue weighted by Gasteiger charge is 2.52. The largest absolute Gasteiger partial charge is 0.325 e. The molecule has 1 N–H and O–H groups in total. The van der Waals surface area contributed by atoms with Gasteiger partial charge in [0.05, 0.1) is 6.54 Å². The molecule has 1 heterocycles. The highest BCUT2D eigenvalue weighted by atomic mass is 19.2. The van der Waals surface area contributed by atoms with Crippen LogP contribution in [-0.4, -0.2) is 16.8 Å². The minimum Gasteiger partial charge on any atom is -0.319 e. The van der Waals surface area contributed by atoms with Crippen molar-refractivity contribution in [2.24, 2.45) is 0 Å². The Morgan fingerprint density at radius 1 is 0.828 bits per heavy atom. The average molecular weight is 392 g/mol. The van der Waals surface area contributed by atoms with Crippen LogP contribution in [0.4, 0.5) is 13.6 Å². The number of hydrogen-bond donors (Lipinski definition) is 1. The number of carbonyl (C=O) groups is 2. The van der Waals surface area contributed by atoms with Crippen molar-refractivity contribution in [1.82, 2.24) is 10.2 Å². The number of imide groups is 1. The zero-order valence-corrected chi connectivity index (χ0v) is 15.4. The lowest BCUT2D eigenvalue weighted by molar-refractivity contribution is -0.132. The topological polar surface area (TPSA) is 49.4 Å². The van der Waals surface area contributed by atoms with Crippen molar-refractivity contribution in [3.05, 3.63) is 107 Å². The third-order valence-electron chi connectivity index (χ3n) is 5.11. The molecule has 4 rings (SSSR count). The molecule has 4 nitrogen and oxygen atoms in total. The number of benzene rings is 3. The number of carbonyl (C=O) groups excluding carboxylic acids is 2. The van der Waals surface area contributed by atoms with E-state index in [4.69, 9.17) is 0 Å². The fourth-order valence-corrected chi connectivity index (χ4v) is 3.65. The van der Waals surface area contributed by atoms with Gasteiger partial charge in [0.15, 0.2) is 17.2 Å². The van der Waals surface area contributed by atoms with Gasteiger partial charge in [-0.1, -0.05) is 72.8 Å². The van der Waals surface area contributed by atoms with Gasteiger partial charge in [0.25, 0.3) is 5.91 Å². The maximum absolute atomic E-state index is 14.1. The summed E-state index contributed by atoms with van der Waals surface area (Å²) in [5.74, 6) is -2.58. The summed E-state index contributed by atoms with van der Waals surface area (Å²) < 4.78 is 27.7. The number of halogens is 2. The van der Waals surface area contributed by atoms with E-state index in [2.05, 4.69) is 5.32 Å². The Kier molecular flexibility index (Phi) is 4.84. The van der Waals surface area contributed by atoms with Crippen LogP contribution in [0.15, 0.2) is 78.9 Å². The number of urea groups is 1. The van der Waals surface area contributed by atoms with Crippen LogP contribution < -0.4 is 5.32 Å². The van der Waals surface area contributed by atoms with Gasteiger partial charge in [-0.2, -0.15) is 0 Å². The summed E-state index contributed by atoms with van der Waals surface area (Å²) in [6.07, 6.45) is 0.241. The highest BCUT2D eigenvalue weighted by Crippen LogP contribution is 2.34. The SMILES string of the molecule is O=C1N[C@@](Cc2ccccc2)(c2ccccc2)C(=O)N1Cc1cccc(F)c1F.